The number of thiophene rings is 1. The molecule has 3 N–H and O–H groups in total. The van der Waals surface area contributed by atoms with Crippen molar-refractivity contribution in [2.45, 2.75) is 36.8 Å². The highest BCUT2D eigenvalue weighted by Gasteiger charge is 2.29. The van der Waals surface area contributed by atoms with E-state index in [-0.39, 0.29) is 22.5 Å². The number of rotatable bonds is 7. The molecule has 1 aliphatic heterocycles. The molecule has 2 rings (SSSR count). The Balaban J connectivity index is 0.00000288. The van der Waals surface area contributed by atoms with Crippen LogP contribution in [-0.2, 0) is 10.0 Å². The molecule has 2 heterocycles. The lowest BCUT2D eigenvalue weighted by molar-refractivity contribution is 0.0957. The summed E-state index contributed by atoms with van der Waals surface area (Å²) in [6.07, 6.45) is 3.46. The summed E-state index contributed by atoms with van der Waals surface area (Å²) in [5.41, 5.74) is 5.41. The Labute approximate surface area is 154 Å². The molecule has 1 fully saturated rings. The van der Waals surface area contributed by atoms with Gasteiger partial charge in [0.2, 0.25) is 0 Å². The van der Waals surface area contributed by atoms with Crippen LogP contribution in [-0.4, -0.2) is 44.8 Å². The van der Waals surface area contributed by atoms with Crippen LogP contribution in [0.15, 0.2) is 16.3 Å². The van der Waals surface area contributed by atoms with Crippen LogP contribution in [0.1, 0.15) is 42.3 Å². The van der Waals surface area contributed by atoms with Crippen LogP contribution in [0.3, 0.4) is 0 Å². The predicted molar refractivity (Wildman–Crippen MR) is 99.3 cm³/mol. The second-order valence-electron chi connectivity index (χ2n) is 5.96. The number of piperidine rings is 1. The van der Waals surface area contributed by atoms with Gasteiger partial charge in [-0.05, 0) is 50.3 Å². The Morgan fingerprint density at radius 3 is 2.62 bits per heavy atom. The first kappa shape index (κ1) is 21.4. The fraction of sp³-hybridized carbons (Fsp3) is 0.667. The van der Waals surface area contributed by atoms with Crippen LogP contribution >= 0.6 is 23.7 Å². The number of halogens is 1. The van der Waals surface area contributed by atoms with Gasteiger partial charge in [-0.25, -0.2) is 8.42 Å². The molecule has 1 saturated heterocycles. The molecule has 0 aromatic carbocycles. The van der Waals surface area contributed by atoms with Crippen LogP contribution in [0.4, 0.5) is 0 Å². The number of hydrogen-bond acceptors (Lipinski definition) is 5. The lowest BCUT2D eigenvalue weighted by atomic mass is 10.0. The molecule has 0 bridgehead atoms. The molecule has 0 unspecified atom stereocenters. The third kappa shape index (κ3) is 5.42. The first-order valence-electron chi connectivity index (χ1n) is 8.03. The molecule has 0 radical (unpaired) electrons. The largest absolute Gasteiger partial charge is 0.351 e. The average Bonchev–Trinajstić information content (AvgIpc) is 3.02. The highest BCUT2D eigenvalue weighted by molar-refractivity contribution is 7.91. The van der Waals surface area contributed by atoms with Crippen molar-refractivity contribution in [1.29, 1.82) is 0 Å². The van der Waals surface area contributed by atoms with Crippen molar-refractivity contribution in [3.8, 4) is 0 Å². The van der Waals surface area contributed by atoms with Gasteiger partial charge in [-0.3, -0.25) is 4.79 Å². The summed E-state index contributed by atoms with van der Waals surface area (Å²) >= 11 is 1.04. The molecule has 0 atom stereocenters. The molecular weight excluding hydrogens is 370 g/mol. The topological polar surface area (TPSA) is 92.5 Å². The minimum absolute atomic E-state index is 0. The van der Waals surface area contributed by atoms with Crippen molar-refractivity contribution >= 4 is 39.7 Å². The summed E-state index contributed by atoms with van der Waals surface area (Å²) in [6, 6.07) is 3.12. The van der Waals surface area contributed by atoms with E-state index >= 15 is 0 Å². The van der Waals surface area contributed by atoms with E-state index < -0.39 is 10.0 Å². The maximum atomic E-state index is 12.6. The fourth-order valence-corrected chi connectivity index (χ4v) is 5.34. The zero-order valence-corrected chi connectivity index (χ0v) is 16.3. The monoisotopic (exact) mass is 395 g/mol. The van der Waals surface area contributed by atoms with E-state index in [1.807, 2.05) is 0 Å². The second-order valence-corrected chi connectivity index (χ2v) is 9.21. The predicted octanol–water partition coefficient (Wildman–Crippen LogP) is 2.06. The highest BCUT2D eigenvalue weighted by Crippen LogP contribution is 2.28. The zero-order valence-electron chi connectivity index (χ0n) is 13.9. The van der Waals surface area contributed by atoms with E-state index in [4.69, 9.17) is 5.73 Å². The molecular formula is C15H26ClN3O3S2. The van der Waals surface area contributed by atoms with Crippen LogP contribution in [0.5, 0.6) is 0 Å². The summed E-state index contributed by atoms with van der Waals surface area (Å²) < 4.78 is 27.0. The second kappa shape index (κ2) is 9.72. The average molecular weight is 396 g/mol. The first-order chi connectivity index (χ1) is 10.9. The Morgan fingerprint density at radius 2 is 2.00 bits per heavy atom. The minimum Gasteiger partial charge on any atom is -0.351 e. The van der Waals surface area contributed by atoms with Crippen molar-refractivity contribution < 1.29 is 13.2 Å². The number of amides is 1. The van der Waals surface area contributed by atoms with Gasteiger partial charge in [-0.2, -0.15) is 4.31 Å². The summed E-state index contributed by atoms with van der Waals surface area (Å²) in [4.78, 5) is 12.5. The molecule has 138 valence electrons. The molecule has 1 aromatic heterocycles. The standard InChI is InChI=1S/C15H25N3O3S2.ClH/c1-12-6-10-18(11-7-12)23(20,21)14-5-4-13(22-14)15(19)17-9-3-2-8-16;/h4-5,12H,2-3,6-11,16H2,1H3,(H,17,19);1H. The van der Waals surface area contributed by atoms with Crippen molar-refractivity contribution in [1.82, 2.24) is 9.62 Å². The van der Waals surface area contributed by atoms with Gasteiger partial charge in [0.15, 0.2) is 0 Å². The van der Waals surface area contributed by atoms with E-state index in [1.165, 1.54) is 10.4 Å². The van der Waals surface area contributed by atoms with Gasteiger partial charge in [0.05, 0.1) is 4.88 Å². The third-order valence-corrected chi connectivity index (χ3v) is 7.51. The zero-order chi connectivity index (χ0) is 16.9. The van der Waals surface area contributed by atoms with Gasteiger partial charge >= 0.3 is 0 Å². The SMILES string of the molecule is CC1CCN(S(=O)(=O)c2ccc(C(=O)NCCCCN)s2)CC1.Cl. The van der Waals surface area contributed by atoms with E-state index in [0.29, 0.717) is 37.0 Å². The molecule has 1 aromatic rings. The van der Waals surface area contributed by atoms with Gasteiger partial charge in [-0.1, -0.05) is 6.92 Å². The minimum atomic E-state index is -3.47. The number of nitrogens with one attached hydrogen (secondary N) is 1. The quantitative estimate of drug-likeness (QED) is 0.691. The lowest BCUT2D eigenvalue weighted by Crippen LogP contribution is -2.37. The molecule has 1 amide bonds. The number of sulfonamides is 1. The number of nitrogens with two attached hydrogens (primary N) is 1. The van der Waals surface area contributed by atoms with E-state index in [0.717, 1.165) is 37.0 Å². The van der Waals surface area contributed by atoms with Crippen LogP contribution in [0, 0.1) is 5.92 Å². The van der Waals surface area contributed by atoms with Crippen LogP contribution in [0.25, 0.3) is 0 Å². The lowest BCUT2D eigenvalue weighted by Gasteiger charge is -2.28. The van der Waals surface area contributed by atoms with Crippen LogP contribution < -0.4 is 11.1 Å². The number of nitrogens with zero attached hydrogens (tertiary/aromatic N) is 1. The Hall–Kier alpha value is -0.670. The van der Waals surface area contributed by atoms with E-state index in [9.17, 15) is 13.2 Å². The fourth-order valence-electron chi connectivity index (χ4n) is 2.49. The molecule has 9 heteroatoms. The molecule has 1 aliphatic rings. The molecule has 24 heavy (non-hydrogen) atoms. The van der Waals surface area contributed by atoms with Gasteiger partial charge in [-0.15, -0.1) is 23.7 Å². The van der Waals surface area contributed by atoms with E-state index in [1.54, 1.807) is 6.07 Å². The van der Waals surface area contributed by atoms with E-state index in [2.05, 4.69) is 12.2 Å². The number of carbonyl (C=O) groups is 1. The highest BCUT2D eigenvalue weighted by atomic mass is 35.5. The first-order valence-corrected chi connectivity index (χ1v) is 10.3. The van der Waals surface area contributed by atoms with Gasteiger partial charge in [0.25, 0.3) is 15.9 Å². The van der Waals surface area contributed by atoms with Gasteiger partial charge < -0.3 is 11.1 Å². The summed E-state index contributed by atoms with van der Waals surface area (Å²) in [6.45, 7) is 4.41. The Kier molecular flexibility index (Phi) is 8.66. The maximum Gasteiger partial charge on any atom is 0.261 e. The van der Waals surface area contributed by atoms with Crippen molar-refractivity contribution in [2.75, 3.05) is 26.2 Å². The molecule has 0 saturated carbocycles. The smallest absolute Gasteiger partial charge is 0.261 e. The van der Waals surface area contributed by atoms with Crippen molar-refractivity contribution in [3.05, 3.63) is 17.0 Å². The molecule has 0 spiro atoms. The maximum absolute atomic E-state index is 12.6. The van der Waals surface area contributed by atoms with Gasteiger partial charge in [0, 0.05) is 19.6 Å². The molecule has 0 aliphatic carbocycles. The van der Waals surface area contributed by atoms with Crippen molar-refractivity contribution in [3.63, 3.8) is 0 Å². The summed E-state index contributed by atoms with van der Waals surface area (Å²) in [5.74, 6) is 0.348. The van der Waals surface area contributed by atoms with Crippen molar-refractivity contribution in [2.24, 2.45) is 11.7 Å². The molecule has 6 nitrogen and oxygen atoms in total. The number of hydrogen-bond donors (Lipinski definition) is 2. The van der Waals surface area contributed by atoms with Crippen LogP contribution in [0.2, 0.25) is 0 Å². The number of carbonyl (C=O) groups excluding carboxylic acids is 1. The Morgan fingerprint density at radius 1 is 1.33 bits per heavy atom. The number of unbranched alkanes of at least 4 members (excludes halogenated alkanes) is 1. The summed E-state index contributed by atoms with van der Waals surface area (Å²) in [5, 5.41) is 2.79. The Bertz CT molecular complexity index is 626. The normalized spacial score (nSPS) is 16.6. The van der Waals surface area contributed by atoms with Gasteiger partial charge in [0.1, 0.15) is 4.21 Å². The summed E-state index contributed by atoms with van der Waals surface area (Å²) in [7, 11) is -3.47. The third-order valence-electron chi connectivity index (χ3n) is 4.06.